The molecule has 1 unspecified atom stereocenters. The van der Waals surface area contributed by atoms with Crippen LogP contribution in [-0.4, -0.2) is 17.6 Å². The van der Waals surface area contributed by atoms with Crippen molar-refractivity contribution in [2.45, 2.75) is 25.9 Å². The van der Waals surface area contributed by atoms with Crippen molar-refractivity contribution in [3.8, 4) is 0 Å². The van der Waals surface area contributed by atoms with Crippen LogP contribution in [0.2, 0.25) is 0 Å². The molecule has 0 aliphatic carbocycles. The van der Waals surface area contributed by atoms with Crippen molar-refractivity contribution in [3.63, 3.8) is 0 Å². The predicted octanol–water partition coefficient (Wildman–Crippen LogP) is 2.77. The molecule has 1 aromatic carbocycles. The highest BCUT2D eigenvalue weighted by Gasteiger charge is 2.07. The molecule has 2 N–H and O–H groups in total. The largest absolute Gasteiger partial charge is 0.388 e. The number of amides is 1. The Morgan fingerprint density at radius 2 is 2.17 bits per heavy atom. The van der Waals surface area contributed by atoms with E-state index in [1.807, 2.05) is 0 Å². The average molecular weight is 248 g/mol. The fraction of sp³-hybridized carbons (Fsp3) is 0.417. The summed E-state index contributed by atoms with van der Waals surface area (Å²) < 4.78 is 0. The molecule has 0 spiro atoms. The number of carbonyl (C=O) groups is 1. The number of nitrogens with one attached hydrogen (secondary N) is 1. The van der Waals surface area contributed by atoms with Gasteiger partial charge < -0.3 is 10.4 Å². The summed E-state index contributed by atoms with van der Waals surface area (Å²) in [5.74, 6) is -0.0494. The Kier molecular flexibility index (Phi) is 5.70. The van der Waals surface area contributed by atoms with Crippen LogP contribution >= 0.6 is 0 Å². The molecule has 0 aliphatic heterocycles. The predicted molar refractivity (Wildman–Crippen MR) is 69.0 cm³/mol. The number of hydrogen-bond donors (Lipinski definition) is 2. The van der Waals surface area contributed by atoms with Crippen molar-refractivity contribution in [1.82, 2.24) is 0 Å². The lowest BCUT2D eigenvalue weighted by atomic mass is 10.1. The smallest absolute Gasteiger partial charge is 0.224 e. The van der Waals surface area contributed by atoms with Crippen LogP contribution in [0.5, 0.6) is 0 Å². The van der Waals surface area contributed by atoms with E-state index in [2.05, 4.69) is 15.3 Å². The number of aliphatic hydroxyl groups is 1. The van der Waals surface area contributed by atoms with Crippen LogP contribution in [0.4, 0.5) is 5.69 Å². The molecule has 1 amide bonds. The molecule has 0 radical (unpaired) electrons. The van der Waals surface area contributed by atoms with Gasteiger partial charge in [0.2, 0.25) is 5.91 Å². The summed E-state index contributed by atoms with van der Waals surface area (Å²) in [6.07, 6.45) is 0.146. The third-order valence-electron chi connectivity index (χ3n) is 2.47. The SMILES string of the molecule is CCC(=O)Nc1ccc(C(O)CCN=[N+]=[N-])cc1. The third kappa shape index (κ3) is 4.45. The van der Waals surface area contributed by atoms with Crippen LogP contribution in [0.15, 0.2) is 29.4 Å². The zero-order valence-electron chi connectivity index (χ0n) is 10.2. The van der Waals surface area contributed by atoms with Crippen molar-refractivity contribution in [2.24, 2.45) is 5.11 Å². The number of rotatable bonds is 6. The molecule has 1 rings (SSSR count). The Hall–Kier alpha value is -2.04. The number of aliphatic hydroxyl groups excluding tert-OH is 1. The zero-order chi connectivity index (χ0) is 13.4. The highest BCUT2D eigenvalue weighted by atomic mass is 16.3. The fourth-order valence-corrected chi connectivity index (χ4v) is 1.43. The van der Waals surface area contributed by atoms with Crippen LogP contribution in [-0.2, 0) is 4.79 Å². The Bertz CT molecular complexity index is 438. The number of benzene rings is 1. The fourth-order valence-electron chi connectivity index (χ4n) is 1.43. The molecule has 96 valence electrons. The first kappa shape index (κ1) is 14.0. The molecule has 0 fully saturated rings. The highest BCUT2D eigenvalue weighted by molar-refractivity contribution is 5.90. The van der Waals surface area contributed by atoms with Crippen molar-refractivity contribution >= 4 is 11.6 Å². The summed E-state index contributed by atoms with van der Waals surface area (Å²) in [6.45, 7) is 2.04. The number of anilines is 1. The maximum absolute atomic E-state index is 11.2. The van der Waals surface area contributed by atoms with Gasteiger partial charge in [0.25, 0.3) is 0 Å². The van der Waals surface area contributed by atoms with Crippen molar-refractivity contribution in [1.29, 1.82) is 0 Å². The van der Waals surface area contributed by atoms with Gasteiger partial charge in [0.1, 0.15) is 0 Å². The van der Waals surface area contributed by atoms with Gasteiger partial charge in [0, 0.05) is 23.6 Å². The highest BCUT2D eigenvalue weighted by Crippen LogP contribution is 2.19. The molecule has 0 aromatic heterocycles. The van der Waals surface area contributed by atoms with Gasteiger partial charge in [-0.25, -0.2) is 0 Å². The summed E-state index contributed by atoms with van der Waals surface area (Å²) in [5.41, 5.74) is 9.57. The average Bonchev–Trinajstić information content (AvgIpc) is 2.39. The number of nitrogens with zero attached hydrogens (tertiary/aromatic N) is 3. The summed E-state index contributed by atoms with van der Waals surface area (Å²) in [5, 5.41) is 15.9. The van der Waals surface area contributed by atoms with Gasteiger partial charge in [0.05, 0.1) is 6.10 Å². The lowest BCUT2D eigenvalue weighted by Gasteiger charge is -2.10. The first-order valence-corrected chi connectivity index (χ1v) is 5.76. The van der Waals surface area contributed by atoms with Crippen molar-refractivity contribution in [3.05, 3.63) is 40.3 Å². The maximum Gasteiger partial charge on any atom is 0.224 e. The lowest BCUT2D eigenvalue weighted by molar-refractivity contribution is -0.115. The summed E-state index contributed by atoms with van der Waals surface area (Å²) in [4.78, 5) is 13.8. The maximum atomic E-state index is 11.2. The number of carbonyl (C=O) groups excluding carboxylic acids is 1. The van der Waals surface area contributed by atoms with Crippen LogP contribution in [0, 0.1) is 0 Å². The van der Waals surface area contributed by atoms with Gasteiger partial charge in [-0.1, -0.05) is 24.2 Å². The van der Waals surface area contributed by atoms with Gasteiger partial charge in [-0.2, -0.15) is 0 Å². The quantitative estimate of drug-likeness (QED) is 0.459. The Morgan fingerprint density at radius 1 is 1.50 bits per heavy atom. The van der Waals surface area contributed by atoms with Gasteiger partial charge in [-0.05, 0) is 29.6 Å². The van der Waals surface area contributed by atoms with E-state index in [9.17, 15) is 9.90 Å². The molecule has 0 aliphatic rings. The Balaban J connectivity index is 2.58. The molecule has 0 heterocycles. The van der Waals surface area contributed by atoms with Gasteiger partial charge in [-0.3, -0.25) is 4.79 Å². The molecule has 0 saturated carbocycles. The van der Waals surface area contributed by atoms with E-state index in [1.165, 1.54) is 0 Å². The van der Waals surface area contributed by atoms with Gasteiger partial charge in [-0.15, -0.1) is 0 Å². The van der Waals surface area contributed by atoms with Crippen LogP contribution in [0.3, 0.4) is 0 Å². The van der Waals surface area contributed by atoms with E-state index in [0.29, 0.717) is 18.5 Å². The minimum Gasteiger partial charge on any atom is -0.388 e. The first-order chi connectivity index (χ1) is 8.67. The number of hydrogen-bond acceptors (Lipinski definition) is 3. The summed E-state index contributed by atoms with van der Waals surface area (Å²) >= 11 is 0. The van der Waals surface area contributed by atoms with E-state index in [-0.39, 0.29) is 12.5 Å². The van der Waals surface area contributed by atoms with Gasteiger partial charge in [0.15, 0.2) is 0 Å². The topological polar surface area (TPSA) is 98.1 Å². The second-order valence-corrected chi connectivity index (χ2v) is 3.78. The van der Waals surface area contributed by atoms with E-state index in [0.717, 1.165) is 5.56 Å². The van der Waals surface area contributed by atoms with Crippen LogP contribution in [0.1, 0.15) is 31.4 Å². The Morgan fingerprint density at radius 3 is 2.72 bits per heavy atom. The summed E-state index contributed by atoms with van der Waals surface area (Å²) in [6, 6.07) is 6.96. The van der Waals surface area contributed by atoms with Crippen molar-refractivity contribution in [2.75, 3.05) is 11.9 Å². The monoisotopic (exact) mass is 248 g/mol. The molecule has 1 aromatic rings. The van der Waals surface area contributed by atoms with Crippen LogP contribution in [0.25, 0.3) is 10.4 Å². The number of azide groups is 1. The molecular weight excluding hydrogens is 232 g/mol. The molecule has 1 atom stereocenters. The first-order valence-electron chi connectivity index (χ1n) is 5.76. The molecule has 0 bridgehead atoms. The zero-order valence-corrected chi connectivity index (χ0v) is 10.2. The minimum absolute atomic E-state index is 0.0494. The van der Waals surface area contributed by atoms with Gasteiger partial charge >= 0.3 is 0 Å². The molecule has 6 heteroatoms. The van der Waals surface area contributed by atoms with Crippen molar-refractivity contribution < 1.29 is 9.90 Å². The normalized spacial score (nSPS) is 11.4. The Labute approximate surface area is 105 Å². The third-order valence-corrected chi connectivity index (χ3v) is 2.47. The molecule has 18 heavy (non-hydrogen) atoms. The second kappa shape index (κ2) is 7.32. The molecule has 6 nitrogen and oxygen atoms in total. The summed E-state index contributed by atoms with van der Waals surface area (Å²) in [7, 11) is 0. The standard InChI is InChI=1S/C12H16N4O2/c1-2-12(18)15-10-5-3-9(4-6-10)11(17)7-8-14-16-13/h3-6,11,17H,2,7-8H2,1H3,(H,15,18). The van der Waals surface area contributed by atoms with E-state index >= 15 is 0 Å². The second-order valence-electron chi connectivity index (χ2n) is 3.78. The van der Waals surface area contributed by atoms with E-state index < -0.39 is 6.10 Å². The minimum atomic E-state index is -0.661. The van der Waals surface area contributed by atoms with E-state index in [4.69, 9.17) is 5.53 Å². The molecule has 0 saturated heterocycles. The molecular formula is C12H16N4O2. The van der Waals surface area contributed by atoms with E-state index in [1.54, 1.807) is 31.2 Å². The van der Waals surface area contributed by atoms with Crippen LogP contribution < -0.4 is 5.32 Å². The lowest BCUT2D eigenvalue weighted by Crippen LogP contribution is -2.09.